The monoisotopic (exact) mass is 400 g/mol. The fourth-order valence-electron chi connectivity index (χ4n) is 5.74. The molecule has 4 aliphatic rings. The van der Waals surface area contributed by atoms with E-state index in [1.165, 1.54) is 25.8 Å². The molecule has 1 aromatic rings. The molecule has 7 heteroatoms. The van der Waals surface area contributed by atoms with Crippen LogP contribution >= 0.6 is 0 Å². The van der Waals surface area contributed by atoms with Crippen molar-refractivity contribution in [1.29, 1.82) is 0 Å². The third kappa shape index (κ3) is 3.63. The summed E-state index contributed by atoms with van der Waals surface area (Å²) < 4.78 is 0. The predicted octanol–water partition coefficient (Wildman–Crippen LogP) is 2.28. The van der Waals surface area contributed by atoms with Gasteiger partial charge in [0, 0.05) is 31.7 Å². The molecule has 0 aliphatic carbocycles. The smallest absolute Gasteiger partial charge is 0.234 e. The van der Waals surface area contributed by atoms with E-state index in [0.29, 0.717) is 17.9 Å². The molecule has 0 radical (unpaired) electrons. The molecule has 4 saturated heterocycles. The van der Waals surface area contributed by atoms with Crippen LogP contribution in [0.3, 0.4) is 0 Å². The second kappa shape index (κ2) is 8.19. The van der Waals surface area contributed by atoms with Gasteiger partial charge < -0.3 is 10.2 Å². The van der Waals surface area contributed by atoms with Crippen molar-refractivity contribution in [1.82, 2.24) is 20.2 Å². The number of anilines is 2. The summed E-state index contributed by atoms with van der Waals surface area (Å²) in [6.45, 7) is 8.32. The molecule has 160 valence electrons. The predicted molar refractivity (Wildman–Crippen MR) is 116 cm³/mol. The normalized spacial score (nSPS) is 29.6. The Morgan fingerprint density at radius 2 is 1.79 bits per heavy atom. The molecule has 0 saturated carbocycles. The summed E-state index contributed by atoms with van der Waals surface area (Å²) in [7, 11) is 0. The first-order chi connectivity index (χ1) is 13.7. The molecule has 0 bridgehead atoms. The minimum Gasteiger partial charge on any atom is -0.354 e. The Morgan fingerprint density at radius 3 is 2.48 bits per heavy atom. The zero-order valence-corrected chi connectivity index (χ0v) is 16.9. The van der Waals surface area contributed by atoms with E-state index in [4.69, 9.17) is 4.98 Å². The van der Waals surface area contributed by atoms with Gasteiger partial charge in [0.25, 0.3) is 0 Å². The number of piperidine rings is 1. The first-order valence-corrected chi connectivity index (χ1v) is 11.0. The van der Waals surface area contributed by atoms with Crippen molar-refractivity contribution in [3.8, 4) is 0 Å². The van der Waals surface area contributed by atoms with Crippen LogP contribution in [0.15, 0.2) is 12.4 Å². The highest BCUT2D eigenvalue weighted by atomic mass is 16.2. The van der Waals surface area contributed by atoms with E-state index in [1.807, 2.05) is 11.1 Å². The highest BCUT2D eigenvalue weighted by molar-refractivity contribution is 5.99. The first-order valence-electron chi connectivity index (χ1n) is 11.0. The molecule has 0 unspecified atom stereocenters. The molecule has 5 heterocycles. The molecule has 2 atom stereocenters. The van der Waals surface area contributed by atoms with Gasteiger partial charge in [-0.2, -0.15) is 0 Å². The van der Waals surface area contributed by atoms with Crippen LogP contribution in [0.4, 0.5) is 11.6 Å². The van der Waals surface area contributed by atoms with Crippen LogP contribution in [0, 0.1) is 5.41 Å². The van der Waals surface area contributed by atoms with E-state index >= 15 is 0 Å². The van der Waals surface area contributed by atoms with Crippen molar-refractivity contribution < 1.29 is 4.79 Å². The second-order valence-corrected chi connectivity index (χ2v) is 9.09. The number of likely N-dealkylation sites (tertiary alicyclic amines) is 1. The molecule has 5 rings (SSSR count). The Hall–Kier alpha value is -1.73. The quantitative estimate of drug-likeness (QED) is 0.840. The van der Waals surface area contributed by atoms with Gasteiger partial charge in [-0.3, -0.25) is 14.6 Å². The topological polar surface area (TPSA) is 64.6 Å². The lowest BCUT2D eigenvalue weighted by Crippen LogP contribution is -2.43. The average Bonchev–Trinajstić information content (AvgIpc) is 3.44. The number of hydrogen-bond acceptors (Lipinski definition) is 6. The van der Waals surface area contributed by atoms with E-state index in [2.05, 4.69) is 27.0 Å². The van der Waals surface area contributed by atoms with Crippen molar-refractivity contribution in [2.75, 3.05) is 49.1 Å². The fraction of sp³-hybridized carbons (Fsp3) is 0.773. The SMILES string of the molecule is C.C[C@H]1CCCN1[C@H]1CCN(c2cnc(N3CCC4(CCNCC4)C3=O)cn2)C1. The van der Waals surface area contributed by atoms with Gasteiger partial charge in [0.05, 0.1) is 17.8 Å². The lowest BCUT2D eigenvalue weighted by atomic mass is 9.78. The number of carbonyl (C=O) groups excluding carboxylic acids is 1. The first kappa shape index (κ1) is 20.5. The average molecular weight is 401 g/mol. The van der Waals surface area contributed by atoms with Crippen molar-refractivity contribution in [2.45, 2.75) is 65.0 Å². The zero-order chi connectivity index (χ0) is 19.1. The maximum absolute atomic E-state index is 13.1. The number of nitrogens with zero attached hydrogens (tertiary/aromatic N) is 5. The van der Waals surface area contributed by atoms with E-state index in [9.17, 15) is 4.79 Å². The number of rotatable bonds is 3. The van der Waals surface area contributed by atoms with Crippen molar-refractivity contribution in [3.05, 3.63) is 12.4 Å². The molecule has 1 aromatic heterocycles. The summed E-state index contributed by atoms with van der Waals surface area (Å²) in [6.07, 6.45) is 10.4. The number of carbonyl (C=O) groups is 1. The van der Waals surface area contributed by atoms with Crippen molar-refractivity contribution in [2.24, 2.45) is 5.41 Å². The maximum atomic E-state index is 13.1. The van der Waals surface area contributed by atoms with Crippen LogP contribution in [0.25, 0.3) is 0 Å². The van der Waals surface area contributed by atoms with Gasteiger partial charge in [-0.15, -0.1) is 0 Å². The zero-order valence-electron chi connectivity index (χ0n) is 16.9. The molecule has 29 heavy (non-hydrogen) atoms. The molecule has 1 N–H and O–H groups in total. The number of aromatic nitrogens is 2. The van der Waals surface area contributed by atoms with Gasteiger partial charge in [0.2, 0.25) is 5.91 Å². The van der Waals surface area contributed by atoms with Crippen molar-refractivity contribution in [3.63, 3.8) is 0 Å². The minimum absolute atomic E-state index is 0. The lowest BCUT2D eigenvalue weighted by molar-refractivity contribution is -0.126. The van der Waals surface area contributed by atoms with Crippen LogP contribution in [-0.2, 0) is 4.79 Å². The summed E-state index contributed by atoms with van der Waals surface area (Å²) in [4.78, 5) is 29.3. The Kier molecular flexibility index (Phi) is 5.80. The second-order valence-electron chi connectivity index (χ2n) is 9.09. The Labute approximate surface area is 174 Å². The van der Waals surface area contributed by atoms with Crippen LogP contribution in [-0.4, -0.2) is 72.1 Å². The summed E-state index contributed by atoms with van der Waals surface area (Å²) in [5.74, 6) is 1.91. The summed E-state index contributed by atoms with van der Waals surface area (Å²) in [5, 5.41) is 3.37. The molecule has 1 spiro atoms. The summed E-state index contributed by atoms with van der Waals surface area (Å²) >= 11 is 0. The highest BCUT2D eigenvalue weighted by Crippen LogP contribution is 2.41. The molecule has 1 amide bonds. The number of hydrogen-bond donors (Lipinski definition) is 1. The number of amides is 1. The van der Waals surface area contributed by atoms with Crippen LogP contribution in [0.2, 0.25) is 0 Å². The molecular weight excluding hydrogens is 364 g/mol. The molecule has 4 fully saturated rings. The van der Waals surface area contributed by atoms with Gasteiger partial charge >= 0.3 is 0 Å². The minimum atomic E-state index is -0.166. The number of nitrogens with one attached hydrogen (secondary N) is 1. The van der Waals surface area contributed by atoms with Crippen LogP contribution < -0.4 is 15.1 Å². The maximum Gasteiger partial charge on any atom is 0.234 e. The summed E-state index contributed by atoms with van der Waals surface area (Å²) in [5.41, 5.74) is -0.166. The highest BCUT2D eigenvalue weighted by Gasteiger charge is 2.47. The Balaban J connectivity index is 0.00000205. The fourth-order valence-corrected chi connectivity index (χ4v) is 5.74. The van der Waals surface area contributed by atoms with E-state index in [0.717, 1.165) is 57.8 Å². The van der Waals surface area contributed by atoms with E-state index in [-0.39, 0.29) is 18.7 Å². The van der Waals surface area contributed by atoms with Gasteiger partial charge in [0.1, 0.15) is 5.82 Å². The van der Waals surface area contributed by atoms with E-state index in [1.54, 1.807) is 6.20 Å². The third-order valence-corrected chi connectivity index (χ3v) is 7.54. The molecule has 0 aromatic carbocycles. The summed E-state index contributed by atoms with van der Waals surface area (Å²) in [6, 6.07) is 1.35. The van der Waals surface area contributed by atoms with Crippen molar-refractivity contribution >= 4 is 17.5 Å². The van der Waals surface area contributed by atoms with Gasteiger partial charge in [-0.25, -0.2) is 9.97 Å². The van der Waals surface area contributed by atoms with Gasteiger partial charge in [-0.05, 0) is 65.1 Å². The van der Waals surface area contributed by atoms with Crippen LogP contribution in [0.5, 0.6) is 0 Å². The van der Waals surface area contributed by atoms with Crippen LogP contribution in [0.1, 0.15) is 52.9 Å². The van der Waals surface area contributed by atoms with E-state index < -0.39 is 0 Å². The molecular formula is C22H36N6O. The third-order valence-electron chi connectivity index (χ3n) is 7.54. The molecule has 7 nitrogen and oxygen atoms in total. The Bertz CT molecular complexity index is 717. The Morgan fingerprint density at radius 1 is 1.03 bits per heavy atom. The van der Waals surface area contributed by atoms with Gasteiger partial charge in [-0.1, -0.05) is 7.43 Å². The standard InChI is InChI=1S/C21H32N6O.CH4/c1-16-3-2-10-26(16)17-4-11-25(15-17)18-13-24-19(14-23-18)27-12-7-21(20(27)28)5-8-22-9-6-21;/h13-14,16-17,22H,2-12,15H2,1H3;1H4/t16-,17-;/m0./s1. The largest absolute Gasteiger partial charge is 0.354 e. The molecule has 4 aliphatic heterocycles. The van der Waals surface area contributed by atoms with Gasteiger partial charge in [0.15, 0.2) is 5.82 Å². The lowest BCUT2D eigenvalue weighted by Gasteiger charge is -2.31.